The Labute approximate surface area is 180 Å². The molecule has 3 saturated heterocycles. The first kappa shape index (κ1) is 21.7. The lowest BCUT2D eigenvalue weighted by Crippen LogP contribution is -2.53. The van der Waals surface area contributed by atoms with Crippen molar-refractivity contribution in [2.45, 2.75) is 31.1 Å². The number of benzene rings is 1. The predicted molar refractivity (Wildman–Crippen MR) is 115 cm³/mol. The first-order chi connectivity index (χ1) is 14.2. The van der Waals surface area contributed by atoms with Crippen molar-refractivity contribution in [2.24, 2.45) is 10.8 Å². The van der Waals surface area contributed by atoms with E-state index < -0.39 is 15.4 Å². The van der Waals surface area contributed by atoms with E-state index in [2.05, 4.69) is 4.90 Å². The average molecular weight is 436 g/mol. The Bertz CT molecular complexity index is 911. The van der Waals surface area contributed by atoms with E-state index in [1.54, 1.807) is 29.6 Å². The molecule has 0 saturated carbocycles. The number of piperidine rings is 1. The summed E-state index contributed by atoms with van der Waals surface area (Å²) in [6.45, 7) is 6.67. The van der Waals surface area contributed by atoms with Crippen molar-refractivity contribution in [1.82, 2.24) is 14.1 Å². The van der Waals surface area contributed by atoms with Gasteiger partial charge in [-0.05, 0) is 43.9 Å². The van der Waals surface area contributed by atoms with E-state index in [0.29, 0.717) is 24.6 Å². The number of amides is 1. The molecule has 3 aliphatic heterocycles. The molecule has 3 fully saturated rings. The minimum Gasteiger partial charge on any atom is -0.383 e. The molecule has 1 amide bonds. The van der Waals surface area contributed by atoms with Crippen LogP contribution in [0.2, 0.25) is 0 Å². The van der Waals surface area contributed by atoms with Crippen molar-refractivity contribution in [3.63, 3.8) is 0 Å². The molecule has 1 atom stereocenters. The maximum absolute atomic E-state index is 13.3. The highest BCUT2D eigenvalue weighted by molar-refractivity contribution is 7.89. The Morgan fingerprint density at radius 3 is 2.43 bits per heavy atom. The number of hydrogen-bond acceptors (Lipinski definition) is 5. The molecule has 7 nitrogen and oxygen atoms in total. The number of rotatable bonds is 5. The van der Waals surface area contributed by atoms with E-state index >= 15 is 0 Å². The van der Waals surface area contributed by atoms with Crippen LogP contribution in [0, 0.1) is 17.8 Å². The van der Waals surface area contributed by atoms with Crippen molar-refractivity contribution in [3.8, 4) is 0 Å². The van der Waals surface area contributed by atoms with Gasteiger partial charge in [0, 0.05) is 58.8 Å². The van der Waals surface area contributed by atoms with Gasteiger partial charge in [-0.1, -0.05) is 12.1 Å². The fourth-order valence-electron chi connectivity index (χ4n) is 5.85. The summed E-state index contributed by atoms with van der Waals surface area (Å²) in [5.41, 5.74) is 0.378. The molecule has 0 aliphatic carbocycles. The summed E-state index contributed by atoms with van der Waals surface area (Å²) >= 11 is 0. The molecule has 0 bridgehead atoms. The summed E-state index contributed by atoms with van der Waals surface area (Å²) in [6.07, 6.45) is 2.30. The zero-order valence-corrected chi connectivity index (χ0v) is 19.1. The molecule has 0 radical (unpaired) electrons. The second-order valence-corrected chi connectivity index (χ2v) is 11.2. The molecule has 1 aromatic rings. The predicted octanol–water partition coefficient (Wildman–Crippen LogP) is 1.58. The van der Waals surface area contributed by atoms with Crippen LogP contribution in [0.3, 0.4) is 0 Å². The summed E-state index contributed by atoms with van der Waals surface area (Å²) in [5, 5.41) is 0. The van der Waals surface area contributed by atoms with Gasteiger partial charge in [-0.25, -0.2) is 8.42 Å². The average Bonchev–Trinajstić information content (AvgIpc) is 3.19. The number of ether oxygens (including phenoxy) is 1. The first-order valence-corrected chi connectivity index (χ1v) is 12.2. The van der Waals surface area contributed by atoms with E-state index in [1.165, 1.54) is 0 Å². The summed E-state index contributed by atoms with van der Waals surface area (Å²) in [4.78, 5) is 17.9. The summed E-state index contributed by atoms with van der Waals surface area (Å²) in [5.74, 6) is 0.234. The van der Waals surface area contributed by atoms with Gasteiger partial charge in [-0.15, -0.1) is 0 Å². The Balaban J connectivity index is 1.57. The van der Waals surface area contributed by atoms with Crippen LogP contribution >= 0.6 is 0 Å². The van der Waals surface area contributed by atoms with Crippen LogP contribution < -0.4 is 0 Å². The third kappa shape index (κ3) is 3.38. The van der Waals surface area contributed by atoms with Gasteiger partial charge in [0.05, 0.1) is 16.9 Å². The van der Waals surface area contributed by atoms with Gasteiger partial charge in [-0.3, -0.25) is 9.69 Å². The second-order valence-electron chi connectivity index (χ2n) is 9.26. The van der Waals surface area contributed by atoms with Crippen LogP contribution in [-0.4, -0.2) is 88.5 Å². The van der Waals surface area contributed by atoms with Gasteiger partial charge in [0.1, 0.15) is 0 Å². The number of carbonyl (C=O) groups excluding carboxylic acids is 1. The molecule has 0 aromatic heterocycles. The van der Waals surface area contributed by atoms with Gasteiger partial charge in [0.15, 0.2) is 0 Å². The Morgan fingerprint density at radius 2 is 1.83 bits per heavy atom. The van der Waals surface area contributed by atoms with E-state index in [4.69, 9.17) is 4.74 Å². The highest BCUT2D eigenvalue weighted by Gasteiger charge is 2.64. The lowest BCUT2D eigenvalue weighted by atomic mass is 9.60. The van der Waals surface area contributed by atoms with Crippen molar-refractivity contribution in [1.29, 1.82) is 0 Å². The second kappa shape index (κ2) is 7.89. The van der Waals surface area contributed by atoms with Gasteiger partial charge in [0.25, 0.3) is 0 Å². The maximum atomic E-state index is 13.3. The van der Waals surface area contributed by atoms with Gasteiger partial charge < -0.3 is 9.64 Å². The third-order valence-electron chi connectivity index (χ3n) is 7.58. The van der Waals surface area contributed by atoms with E-state index in [0.717, 1.165) is 51.0 Å². The van der Waals surface area contributed by atoms with Crippen molar-refractivity contribution < 1.29 is 17.9 Å². The number of likely N-dealkylation sites (tertiary alicyclic amines) is 2. The van der Waals surface area contributed by atoms with Gasteiger partial charge in [-0.2, -0.15) is 4.31 Å². The number of methoxy groups -OCH3 is 1. The monoisotopic (exact) mass is 435 g/mol. The quantitative estimate of drug-likeness (QED) is 0.702. The molecule has 2 spiro atoms. The number of aryl methyl sites for hydroxylation is 1. The lowest BCUT2D eigenvalue weighted by molar-refractivity contribution is -0.140. The SMILES string of the molecule is COCCN1CC2(CCN(S(=O)(=O)c3cccc(C)c3)CC2)C2(CCN(C)C2=O)C1. The number of nitrogens with zero attached hydrogens (tertiary/aromatic N) is 3. The molecule has 0 N–H and O–H groups in total. The zero-order chi connectivity index (χ0) is 21.6. The molecule has 1 unspecified atom stereocenters. The molecule has 3 heterocycles. The van der Waals surface area contributed by atoms with E-state index in [-0.39, 0.29) is 11.3 Å². The first-order valence-electron chi connectivity index (χ1n) is 10.8. The normalized spacial score (nSPS) is 27.6. The topological polar surface area (TPSA) is 70.2 Å². The Morgan fingerprint density at radius 1 is 1.10 bits per heavy atom. The zero-order valence-electron chi connectivity index (χ0n) is 18.3. The maximum Gasteiger partial charge on any atom is 0.243 e. The fourth-order valence-corrected chi connectivity index (χ4v) is 7.40. The smallest absolute Gasteiger partial charge is 0.243 e. The summed E-state index contributed by atoms with van der Waals surface area (Å²) in [7, 11) is 0.0745. The highest BCUT2D eigenvalue weighted by Crippen LogP contribution is 2.57. The Kier molecular flexibility index (Phi) is 5.72. The van der Waals surface area contributed by atoms with Crippen molar-refractivity contribution in [3.05, 3.63) is 29.8 Å². The number of hydrogen-bond donors (Lipinski definition) is 0. The summed E-state index contributed by atoms with van der Waals surface area (Å²) < 4.78 is 33.3. The van der Waals surface area contributed by atoms with Crippen LogP contribution in [0.25, 0.3) is 0 Å². The molecule has 1 aromatic carbocycles. The van der Waals surface area contributed by atoms with Crippen LogP contribution in [0.5, 0.6) is 0 Å². The highest BCUT2D eigenvalue weighted by atomic mass is 32.2. The minimum atomic E-state index is -3.51. The molecular formula is C22H33N3O4S. The summed E-state index contributed by atoms with van der Waals surface area (Å²) in [6, 6.07) is 7.11. The minimum absolute atomic E-state index is 0.165. The largest absolute Gasteiger partial charge is 0.383 e. The van der Waals surface area contributed by atoms with Crippen LogP contribution in [0.15, 0.2) is 29.2 Å². The Hall–Kier alpha value is -1.48. The van der Waals surface area contributed by atoms with Gasteiger partial charge in [0.2, 0.25) is 15.9 Å². The molecule has 3 aliphatic rings. The van der Waals surface area contributed by atoms with Crippen LogP contribution in [0.1, 0.15) is 24.8 Å². The molecule has 4 rings (SSSR count). The molecule has 8 heteroatoms. The van der Waals surface area contributed by atoms with Crippen LogP contribution in [-0.2, 0) is 19.6 Å². The number of carbonyl (C=O) groups is 1. The molecule has 30 heavy (non-hydrogen) atoms. The van der Waals surface area contributed by atoms with Gasteiger partial charge >= 0.3 is 0 Å². The number of sulfonamides is 1. The number of fused-ring (bicyclic) bond motifs is 1. The standard InChI is InChI=1S/C22H33N3O4S/c1-18-5-4-6-19(15-18)30(27,28)25-11-7-21(8-12-25)16-24(13-14-29-3)17-22(21)9-10-23(2)20(22)26/h4-6,15H,7-14,16-17H2,1-3H3. The fraction of sp³-hybridized carbons (Fsp3) is 0.682. The third-order valence-corrected chi connectivity index (χ3v) is 9.48. The molecule has 166 valence electrons. The van der Waals surface area contributed by atoms with E-state index in [1.807, 2.05) is 24.9 Å². The van der Waals surface area contributed by atoms with Crippen LogP contribution in [0.4, 0.5) is 0 Å². The lowest BCUT2D eigenvalue weighted by Gasteiger charge is -2.46. The van der Waals surface area contributed by atoms with Crippen molar-refractivity contribution in [2.75, 3.05) is 60.0 Å². The van der Waals surface area contributed by atoms with E-state index in [9.17, 15) is 13.2 Å². The van der Waals surface area contributed by atoms with Crippen molar-refractivity contribution >= 4 is 15.9 Å². The molecular weight excluding hydrogens is 402 g/mol.